The Labute approximate surface area is 210 Å². The number of nitrogens with one attached hydrogen (secondary N) is 1. The van der Waals surface area contributed by atoms with Gasteiger partial charge in [-0.25, -0.2) is 9.36 Å². The third-order valence-electron chi connectivity index (χ3n) is 5.86. The Morgan fingerprint density at radius 2 is 2.08 bits per heavy atom. The molecule has 206 valence electrons. The largest absolute Gasteiger partial charge is 0.475 e. The van der Waals surface area contributed by atoms with E-state index in [0.717, 1.165) is 24.4 Å². The maximum absolute atomic E-state index is 13.3. The Kier molecular flexibility index (Phi) is 7.58. The highest BCUT2D eigenvalue weighted by atomic mass is 31.2. The van der Waals surface area contributed by atoms with Crippen LogP contribution in [0.5, 0.6) is 0 Å². The number of ether oxygens (including phenoxy) is 1. The van der Waals surface area contributed by atoms with E-state index in [1.54, 1.807) is 0 Å². The summed E-state index contributed by atoms with van der Waals surface area (Å²) >= 11 is 0. The van der Waals surface area contributed by atoms with Crippen molar-refractivity contribution in [3.8, 4) is 0 Å². The predicted octanol–water partition coefficient (Wildman–Crippen LogP) is 2.42. The van der Waals surface area contributed by atoms with Gasteiger partial charge in [0.25, 0.3) is 5.56 Å². The fourth-order valence-corrected chi connectivity index (χ4v) is 5.47. The van der Waals surface area contributed by atoms with Crippen LogP contribution < -0.4 is 11.2 Å². The third-order valence-corrected chi connectivity index (χ3v) is 7.31. The molecule has 1 unspecified atom stereocenters. The summed E-state index contributed by atoms with van der Waals surface area (Å²) in [5, 5.41) is 24.4. The molecule has 2 fully saturated rings. The van der Waals surface area contributed by atoms with Gasteiger partial charge in [-0.15, -0.1) is 0 Å². The molecular formula is C20H21F3N5O9P. The molecule has 38 heavy (non-hydrogen) atoms. The van der Waals surface area contributed by atoms with Gasteiger partial charge in [0.15, 0.2) is 6.23 Å². The Morgan fingerprint density at radius 1 is 1.34 bits per heavy atom. The maximum Gasteiger partial charge on any atom is 0.475 e. The van der Waals surface area contributed by atoms with Gasteiger partial charge in [0.05, 0.1) is 24.9 Å². The van der Waals surface area contributed by atoms with Gasteiger partial charge < -0.3 is 14.9 Å². The number of rotatable bonds is 6. The van der Waals surface area contributed by atoms with Gasteiger partial charge in [-0.05, 0) is 30.2 Å². The van der Waals surface area contributed by atoms with E-state index in [1.807, 2.05) is 4.98 Å². The molecule has 3 heterocycles. The van der Waals surface area contributed by atoms with Gasteiger partial charge in [0, 0.05) is 23.6 Å². The van der Waals surface area contributed by atoms with E-state index in [4.69, 9.17) is 23.8 Å². The van der Waals surface area contributed by atoms with Gasteiger partial charge in [0.2, 0.25) is 5.72 Å². The van der Waals surface area contributed by atoms with E-state index in [1.165, 1.54) is 13.0 Å². The first-order chi connectivity index (χ1) is 17.8. The van der Waals surface area contributed by atoms with E-state index < -0.39 is 67.7 Å². The molecule has 2 saturated heterocycles. The standard InChI is InChI=1S/C20H21F3N5O9P/c1-10-6-11(8-12(7-10)20(21,22)23)13-3-5-34-38(33,37-13)35-9-19(26-27-24)16(31)15(30)17(36-19)28-4-2-14(29)25-18(28)32/h2,4,6-8,13,15-17,30-31H,3,5,9H2,1H3,(H,25,29,32)/t13-,15+,16-,17+,19+,38?/m0/s1. The fraction of sp³-hybridized carbons (Fsp3) is 0.500. The second-order valence-corrected chi connectivity index (χ2v) is 10.2. The summed E-state index contributed by atoms with van der Waals surface area (Å²) in [6, 6.07) is 4.15. The number of aryl methyl sites for hydroxylation is 1. The normalized spacial score (nSPS) is 31.6. The number of hydrogen-bond acceptors (Lipinski definition) is 10. The van der Waals surface area contributed by atoms with Crippen LogP contribution in [0.2, 0.25) is 0 Å². The van der Waals surface area contributed by atoms with Crippen LogP contribution in [0.4, 0.5) is 13.2 Å². The Hall–Kier alpha value is -3.01. The summed E-state index contributed by atoms with van der Waals surface area (Å²) in [6.07, 6.45) is -10.3. The summed E-state index contributed by atoms with van der Waals surface area (Å²) in [4.78, 5) is 28.0. The molecule has 0 spiro atoms. The number of H-pyrrole nitrogens is 1. The van der Waals surface area contributed by atoms with Crippen LogP contribution in [0.3, 0.4) is 0 Å². The second-order valence-electron chi connectivity index (χ2n) is 8.56. The molecule has 0 saturated carbocycles. The number of halogens is 3. The number of azide groups is 1. The number of phosphoric ester groups is 1. The van der Waals surface area contributed by atoms with Crippen molar-refractivity contribution >= 4 is 7.82 Å². The van der Waals surface area contributed by atoms with Gasteiger partial charge in [0.1, 0.15) is 12.2 Å². The van der Waals surface area contributed by atoms with Gasteiger partial charge >= 0.3 is 19.7 Å². The minimum Gasteiger partial charge on any atom is -0.387 e. The fourth-order valence-electron chi connectivity index (χ4n) is 4.07. The van der Waals surface area contributed by atoms with Crippen molar-refractivity contribution in [1.29, 1.82) is 0 Å². The molecule has 2 aliphatic rings. The molecule has 2 aliphatic heterocycles. The van der Waals surface area contributed by atoms with Crippen LogP contribution in [0.15, 0.2) is 45.2 Å². The number of phosphoric acid groups is 1. The SMILES string of the molecule is Cc1cc([C@@H]2CCOP(=O)(OC[C@@]3(N=[N+]=[N-])O[C@@H](n4ccc(=O)[nH]c4=O)[C@H](O)[C@@H]3O)O2)cc(C(F)(F)F)c1. The van der Waals surface area contributed by atoms with Crippen LogP contribution in [-0.4, -0.2) is 50.9 Å². The number of benzene rings is 1. The zero-order valence-electron chi connectivity index (χ0n) is 19.4. The number of aliphatic hydroxyl groups excluding tert-OH is 2. The minimum atomic E-state index is -4.63. The smallest absolute Gasteiger partial charge is 0.387 e. The Bertz CT molecular complexity index is 1430. The lowest BCUT2D eigenvalue weighted by Gasteiger charge is -2.32. The van der Waals surface area contributed by atoms with Gasteiger partial charge in [-0.2, -0.15) is 13.2 Å². The van der Waals surface area contributed by atoms with Crippen molar-refractivity contribution in [3.63, 3.8) is 0 Å². The Balaban J connectivity index is 1.56. The number of aromatic amines is 1. The van der Waals surface area contributed by atoms with Crippen LogP contribution in [0, 0.1) is 6.92 Å². The van der Waals surface area contributed by atoms with E-state index in [2.05, 4.69) is 10.0 Å². The topological polar surface area (TPSA) is 198 Å². The van der Waals surface area contributed by atoms with Crippen molar-refractivity contribution in [1.82, 2.24) is 9.55 Å². The molecule has 18 heteroatoms. The summed E-state index contributed by atoms with van der Waals surface area (Å²) in [7, 11) is -4.53. The van der Waals surface area contributed by atoms with Gasteiger partial charge in [-0.1, -0.05) is 16.7 Å². The van der Waals surface area contributed by atoms with E-state index in [9.17, 15) is 37.5 Å². The summed E-state index contributed by atoms with van der Waals surface area (Å²) < 4.78 is 74.9. The summed E-state index contributed by atoms with van der Waals surface area (Å²) in [5.41, 5.74) is 4.25. The number of aromatic nitrogens is 2. The maximum atomic E-state index is 13.3. The average molecular weight is 563 g/mol. The van der Waals surface area contributed by atoms with Crippen LogP contribution in [-0.2, 0) is 29.0 Å². The highest BCUT2D eigenvalue weighted by Crippen LogP contribution is 2.58. The predicted molar refractivity (Wildman–Crippen MR) is 119 cm³/mol. The zero-order valence-corrected chi connectivity index (χ0v) is 20.3. The van der Waals surface area contributed by atoms with Gasteiger partial charge in [-0.3, -0.25) is 27.9 Å². The molecule has 0 amide bonds. The minimum absolute atomic E-state index is 0.0324. The van der Waals surface area contributed by atoms with E-state index in [0.29, 0.717) is 4.57 Å². The van der Waals surface area contributed by atoms with Crippen molar-refractivity contribution in [3.05, 3.63) is 78.4 Å². The molecule has 1 aromatic carbocycles. The molecule has 14 nitrogen and oxygen atoms in total. The number of alkyl halides is 3. The first kappa shape index (κ1) is 28.0. The highest BCUT2D eigenvalue weighted by molar-refractivity contribution is 7.48. The molecule has 3 N–H and O–H groups in total. The molecular weight excluding hydrogens is 542 g/mol. The van der Waals surface area contributed by atoms with Crippen molar-refractivity contribution in [2.24, 2.45) is 5.11 Å². The van der Waals surface area contributed by atoms with Crippen molar-refractivity contribution in [2.75, 3.05) is 13.2 Å². The molecule has 0 bridgehead atoms. The molecule has 0 aliphatic carbocycles. The molecule has 0 radical (unpaired) electrons. The number of nitrogens with zero attached hydrogens (tertiary/aromatic N) is 4. The van der Waals surface area contributed by atoms with Crippen molar-refractivity contribution < 1.29 is 46.3 Å². The van der Waals surface area contributed by atoms with Crippen molar-refractivity contribution in [2.45, 2.75) is 49.8 Å². The number of aliphatic hydroxyl groups is 2. The number of hydrogen-bond donors (Lipinski definition) is 3. The molecule has 6 atom stereocenters. The highest BCUT2D eigenvalue weighted by Gasteiger charge is 2.56. The molecule has 2 aromatic rings. The molecule has 1 aromatic heterocycles. The van der Waals surface area contributed by atoms with Crippen LogP contribution in [0.1, 0.15) is 35.4 Å². The first-order valence-corrected chi connectivity index (χ1v) is 12.4. The lowest BCUT2D eigenvalue weighted by molar-refractivity contribution is -0.137. The quantitative estimate of drug-likeness (QED) is 0.204. The zero-order chi connectivity index (χ0) is 27.9. The molecule has 4 rings (SSSR count). The monoisotopic (exact) mass is 563 g/mol. The van der Waals surface area contributed by atoms with E-state index in [-0.39, 0.29) is 24.2 Å². The third kappa shape index (κ3) is 5.55. The summed E-state index contributed by atoms with van der Waals surface area (Å²) in [5.74, 6) is 0. The van der Waals surface area contributed by atoms with E-state index >= 15 is 0 Å². The second kappa shape index (κ2) is 10.3. The van der Waals surface area contributed by atoms with Crippen LogP contribution >= 0.6 is 7.82 Å². The first-order valence-electron chi connectivity index (χ1n) is 10.9. The summed E-state index contributed by atoms with van der Waals surface area (Å²) in [6.45, 7) is 0.189. The Morgan fingerprint density at radius 3 is 2.74 bits per heavy atom. The van der Waals surface area contributed by atoms with Crippen LogP contribution in [0.25, 0.3) is 10.4 Å². The lowest BCUT2D eigenvalue weighted by Crippen LogP contribution is -2.45. The lowest BCUT2D eigenvalue weighted by atomic mass is 10.0. The average Bonchev–Trinajstić information content (AvgIpc) is 3.08.